The normalized spacial score (nSPS) is 39.8. The van der Waals surface area contributed by atoms with Crippen molar-refractivity contribution < 1.29 is 18.9 Å². The average molecular weight is 228 g/mol. The minimum absolute atomic E-state index is 0.360. The maximum Gasteiger partial charge on any atom is 0.412 e. The Bertz CT molecular complexity index is 223. The fourth-order valence-corrected chi connectivity index (χ4v) is 1.83. The highest BCUT2D eigenvalue weighted by molar-refractivity contribution is 4.75. The number of hydrogen-bond acceptors (Lipinski definition) is 4. The lowest BCUT2D eigenvalue weighted by molar-refractivity contribution is -0.534. The standard InChI is InChI=1S/C12H20O4/c1-3-5-11-8-15-12(16-9-11)13-6-10(4-2)7-14-12/h3,10-11H,1,4-9H2,2H3. The summed E-state index contributed by atoms with van der Waals surface area (Å²) in [4.78, 5) is 0. The summed E-state index contributed by atoms with van der Waals surface area (Å²) in [5, 5.41) is 0. The van der Waals surface area contributed by atoms with Gasteiger partial charge in [0.25, 0.3) is 0 Å². The molecule has 0 unspecified atom stereocenters. The van der Waals surface area contributed by atoms with E-state index >= 15 is 0 Å². The van der Waals surface area contributed by atoms with Crippen LogP contribution in [0.15, 0.2) is 12.7 Å². The molecule has 0 bridgehead atoms. The van der Waals surface area contributed by atoms with E-state index in [1.165, 1.54) is 0 Å². The topological polar surface area (TPSA) is 36.9 Å². The molecule has 0 aliphatic carbocycles. The first-order valence-corrected chi connectivity index (χ1v) is 5.94. The van der Waals surface area contributed by atoms with Crippen molar-refractivity contribution in [1.29, 1.82) is 0 Å². The van der Waals surface area contributed by atoms with E-state index in [0.717, 1.165) is 12.8 Å². The van der Waals surface area contributed by atoms with Gasteiger partial charge < -0.3 is 18.9 Å². The van der Waals surface area contributed by atoms with Crippen molar-refractivity contribution in [1.82, 2.24) is 0 Å². The van der Waals surface area contributed by atoms with Crippen LogP contribution in [-0.4, -0.2) is 32.6 Å². The molecule has 4 heteroatoms. The molecule has 1 spiro atoms. The molecule has 2 aliphatic rings. The number of hydrogen-bond donors (Lipinski definition) is 0. The van der Waals surface area contributed by atoms with Crippen LogP contribution in [0.25, 0.3) is 0 Å². The molecule has 0 aromatic heterocycles. The summed E-state index contributed by atoms with van der Waals surface area (Å²) in [6, 6.07) is 0. The average Bonchev–Trinajstić information content (AvgIpc) is 2.34. The van der Waals surface area contributed by atoms with Crippen LogP contribution in [0.1, 0.15) is 19.8 Å². The van der Waals surface area contributed by atoms with Gasteiger partial charge in [-0.15, -0.1) is 6.58 Å². The SMILES string of the molecule is C=CCC1COC2(OCC(CC)CO2)OC1. The molecule has 2 fully saturated rings. The summed E-state index contributed by atoms with van der Waals surface area (Å²) in [5.74, 6) is 0.808. The van der Waals surface area contributed by atoms with Crippen molar-refractivity contribution in [2.24, 2.45) is 11.8 Å². The number of rotatable bonds is 3. The lowest BCUT2D eigenvalue weighted by Crippen LogP contribution is -2.52. The lowest BCUT2D eigenvalue weighted by Gasteiger charge is -2.42. The summed E-state index contributed by atoms with van der Waals surface area (Å²) in [7, 11) is 0. The van der Waals surface area contributed by atoms with Crippen LogP contribution >= 0.6 is 0 Å². The summed E-state index contributed by atoms with van der Waals surface area (Å²) in [6.07, 6.45) is 2.61. The summed E-state index contributed by atoms with van der Waals surface area (Å²) < 4.78 is 22.2. The highest BCUT2D eigenvalue weighted by Crippen LogP contribution is 2.30. The smallest absolute Gasteiger partial charge is 0.303 e. The second kappa shape index (κ2) is 5.27. The fraction of sp³-hybridized carbons (Fsp3) is 0.833. The first-order chi connectivity index (χ1) is 7.78. The second-order valence-electron chi connectivity index (χ2n) is 4.41. The minimum atomic E-state index is -1.22. The monoisotopic (exact) mass is 228 g/mol. The van der Waals surface area contributed by atoms with Gasteiger partial charge in [0.2, 0.25) is 0 Å². The van der Waals surface area contributed by atoms with E-state index in [1.54, 1.807) is 0 Å². The lowest BCUT2D eigenvalue weighted by atomic mass is 10.1. The highest BCUT2D eigenvalue weighted by atomic mass is 17.0. The Morgan fingerprint density at radius 3 is 2.00 bits per heavy atom. The van der Waals surface area contributed by atoms with Crippen LogP contribution in [0.3, 0.4) is 0 Å². The molecule has 0 saturated carbocycles. The molecule has 0 aromatic carbocycles. The van der Waals surface area contributed by atoms with Gasteiger partial charge in [0.15, 0.2) is 0 Å². The van der Waals surface area contributed by atoms with E-state index in [2.05, 4.69) is 13.5 Å². The predicted octanol–water partition coefficient (Wildman–Crippen LogP) is 1.91. The Morgan fingerprint density at radius 1 is 1.06 bits per heavy atom. The van der Waals surface area contributed by atoms with Gasteiger partial charge >= 0.3 is 6.16 Å². The van der Waals surface area contributed by atoms with Gasteiger partial charge in [-0.05, 0) is 12.8 Å². The molecule has 92 valence electrons. The Hall–Kier alpha value is -0.420. The van der Waals surface area contributed by atoms with E-state index in [1.807, 2.05) is 6.08 Å². The van der Waals surface area contributed by atoms with Gasteiger partial charge in [0.05, 0.1) is 26.4 Å². The molecule has 0 N–H and O–H groups in total. The first kappa shape index (κ1) is 12.0. The highest BCUT2D eigenvalue weighted by Gasteiger charge is 2.44. The van der Waals surface area contributed by atoms with Crippen molar-refractivity contribution in [3.8, 4) is 0 Å². The second-order valence-corrected chi connectivity index (χ2v) is 4.41. The molecule has 0 atom stereocenters. The Balaban J connectivity index is 1.81. The third kappa shape index (κ3) is 2.63. The molecule has 2 aliphatic heterocycles. The molecule has 0 amide bonds. The third-order valence-corrected chi connectivity index (χ3v) is 3.06. The van der Waals surface area contributed by atoms with E-state index in [0.29, 0.717) is 38.3 Å². The molecule has 2 saturated heterocycles. The summed E-state index contributed by atoms with van der Waals surface area (Å²) in [5.41, 5.74) is 0. The number of ether oxygens (including phenoxy) is 4. The van der Waals surface area contributed by atoms with E-state index < -0.39 is 6.16 Å². The van der Waals surface area contributed by atoms with Crippen LogP contribution < -0.4 is 0 Å². The maximum absolute atomic E-state index is 5.55. The van der Waals surface area contributed by atoms with Crippen LogP contribution in [-0.2, 0) is 18.9 Å². The fourth-order valence-electron chi connectivity index (χ4n) is 1.83. The third-order valence-electron chi connectivity index (χ3n) is 3.06. The van der Waals surface area contributed by atoms with Gasteiger partial charge in [-0.3, -0.25) is 0 Å². The van der Waals surface area contributed by atoms with Crippen molar-refractivity contribution in [3.63, 3.8) is 0 Å². The van der Waals surface area contributed by atoms with Gasteiger partial charge in [-0.1, -0.05) is 13.0 Å². The molecule has 2 heterocycles. The van der Waals surface area contributed by atoms with E-state index in [9.17, 15) is 0 Å². The molecule has 0 radical (unpaired) electrons. The minimum Gasteiger partial charge on any atom is -0.303 e. The summed E-state index contributed by atoms with van der Waals surface area (Å²) in [6.45, 7) is 8.31. The van der Waals surface area contributed by atoms with Crippen LogP contribution in [0, 0.1) is 11.8 Å². The molecule has 2 rings (SSSR count). The van der Waals surface area contributed by atoms with Gasteiger partial charge in [-0.2, -0.15) is 0 Å². The van der Waals surface area contributed by atoms with E-state index in [4.69, 9.17) is 18.9 Å². The Kier molecular flexibility index (Phi) is 3.97. The van der Waals surface area contributed by atoms with Crippen LogP contribution in [0.4, 0.5) is 0 Å². The zero-order valence-corrected chi connectivity index (χ0v) is 9.81. The maximum atomic E-state index is 5.55. The van der Waals surface area contributed by atoms with Crippen molar-refractivity contribution in [3.05, 3.63) is 12.7 Å². The van der Waals surface area contributed by atoms with Gasteiger partial charge in [0, 0.05) is 11.8 Å². The predicted molar refractivity (Wildman–Crippen MR) is 58.6 cm³/mol. The molecular formula is C12H20O4. The zero-order chi connectivity index (χ0) is 11.4. The quantitative estimate of drug-likeness (QED) is 0.691. The largest absolute Gasteiger partial charge is 0.412 e. The van der Waals surface area contributed by atoms with E-state index in [-0.39, 0.29) is 0 Å². The van der Waals surface area contributed by atoms with Crippen LogP contribution in [0.2, 0.25) is 0 Å². The number of allylic oxidation sites excluding steroid dienone is 1. The Morgan fingerprint density at radius 2 is 1.56 bits per heavy atom. The first-order valence-electron chi connectivity index (χ1n) is 5.94. The molecular weight excluding hydrogens is 208 g/mol. The zero-order valence-electron chi connectivity index (χ0n) is 9.81. The summed E-state index contributed by atoms with van der Waals surface area (Å²) >= 11 is 0. The van der Waals surface area contributed by atoms with Gasteiger partial charge in [0.1, 0.15) is 0 Å². The van der Waals surface area contributed by atoms with Gasteiger partial charge in [-0.25, -0.2) is 0 Å². The van der Waals surface area contributed by atoms with Crippen molar-refractivity contribution in [2.45, 2.75) is 25.9 Å². The molecule has 0 aromatic rings. The molecule has 4 nitrogen and oxygen atoms in total. The molecule has 16 heavy (non-hydrogen) atoms. The van der Waals surface area contributed by atoms with Crippen molar-refractivity contribution in [2.75, 3.05) is 26.4 Å². The Labute approximate surface area is 96.5 Å². The van der Waals surface area contributed by atoms with Crippen molar-refractivity contribution >= 4 is 0 Å². The van der Waals surface area contributed by atoms with Crippen LogP contribution in [0.5, 0.6) is 0 Å².